The summed E-state index contributed by atoms with van der Waals surface area (Å²) in [4.78, 5) is 0. The summed E-state index contributed by atoms with van der Waals surface area (Å²) in [6, 6.07) is 3.76. The van der Waals surface area contributed by atoms with Crippen LogP contribution in [-0.4, -0.2) is 20.8 Å². The van der Waals surface area contributed by atoms with Gasteiger partial charge in [0.25, 0.3) is 0 Å². The second kappa shape index (κ2) is 6.59. The summed E-state index contributed by atoms with van der Waals surface area (Å²) in [5.74, 6) is -0.524. The van der Waals surface area contributed by atoms with E-state index in [1.165, 1.54) is 12.1 Å². The molecular weight excluding hydrogens is 302 g/mol. The third-order valence-corrected chi connectivity index (χ3v) is 3.92. The van der Waals surface area contributed by atoms with Crippen molar-refractivity contribution in [3.05, 3.63) is 29.0 Å². The van der Waals surface area contributed by atoms with Gasteiger partial charge >= 0.3 is 0 Å². The van der Waals surface area contributed by atoms with Crippen LogP contribution < -0.4 is 4.74 Å². The normalized spacial score (nSPS) is 13.3. The minimum absolute atomic E-state index is 0.151. The Morgan fingerprint density at radius 3 is 2.61 bits per heavy atom. The van der Waals surface area contributed by atoms with Crippen LogP contribution in [-0.2, 0) is 9.05 Å². The van der Waals surface area contributed by atoms with Crippen LogP contribution in [0.2, 0.25) is 5.02 Å². The average Bonchev–Trinajstić information content (AvgIpc) is 2.24. The van der Waals surface area contributed by atoms with E-state index in [1.54, 1.807) is 0 Å². The van der Waals surface area contributed by atoms with E-state index in [-0.39, 0.29) is 23.3 Å². The maximum absolute atomic E-state index is 12.8. The molecule has 1 aromatic rings. The van der Waals surface area contributed by atoms with Crippen LogP contribution in [0, 0.1) is 11.7 Å². The molecular formula is C11H13Cl2FO3S. The van der Waals surface area contributed by atoms with Crippen molar-refractivity contribution in [2.45, 2.75) is 13.3 Å². The van der Waals surface area contributed by atoms with Crippen molar-refractivity contribution in [1.82, 2.24) is 0 Å². The summed E-state index contributed by atoms with van der Waals surface area (Å²) in [5.41, 5.74) is 0. The molecule has 0 aliphatic heterocycles. The number of halogens is 3. The first-order valence-electron chi connectivity index (χ1n) is 5.32. The minimum atomic E-state index is -3.56. The highest BCUT2D eigenvalue weighted by atomic mass is 35.7. The number of ether oxygens (including phenoxy) is 1. The lowest BCUT2D eigenvalue weighted by Crippen LogP contribution is -2.19. The van der Waals surface area contributed by atoms with Crippen LogP contribution in [0.5, 0.6) is 5.75 Å². The summed E-state index contributed by atoms with van der Waals surface area (Å²) in [5, 5.41) is 0.151. The molecule has 0 fully saturated rings. The first-order valence-corrected chi connectivity index (χ1v) is 8.17. The van der Waals surface area contributed by atoms with Gasteiger partial charge < -0.3 is 4.74 Å². The molecule has 0 saturated carbocycles. The summed E-state index contributed by atoms with van der Waals surface area (Å²) in [6.45, 7) is 2.00. The number of rotatable bonds is 6. The number of hydrogen-bond donors (Lipinski definition) is 0. The van der Waals surface area contributed by atoms with Gasteiger partial charge in [-0.3, -0.25) is 0 Å². The Morgan fingerprint density at radius 1 is 1.44 bits per heavy atom. The van der Waals surface area contributed by atoms with Crippen LogP contribution in [0.4, 0.5) is 4.39 Å². The lowest BCUT2D eigenvalue weighted by molar-refractivity contribution is 0.258. The van der Waals surface area contributed by atoms with E-state index in [0.29, 0.717) is 12.2 Å². The topological polar surface area (TPSA) is 43.4 Å². The molecule has 18 heavy (non-hydrogen) atoms. The summed E-state index contributed by atoms with van der Waals surface area (Å²) in [7, 11) is 1.62. The van der Waals surface area contributed by atoms with Crippen molar-refractivity contribution in [1.29, 1.82) is 0 Å². The molecule has 7 heteroatoms. The van der Waals surface area contributed by atoms with Crippen molar-refractivity contribution in [2.24, 2.45) is 5.92 Å². The van der Waals surface area contributed by atoms with Gasteiger partial charge in [-0.2, -0.15) is 0 Å². The van der Waals surface area contributed by atoms with E-state index < -0.39 is 14.9 Å². The Bertz CT molecular complexity index is 505. The van der Waals surface area contributed by atoms with Crippen molar-refractivity contribution in [3.63, 3.8) is 0 Å². The first kappa shape index (κ1) is 15.5. The van der Waals surface area contributed by atoms with Gasteiger partial charge in [-0.1, -0.05) is 18.5 Å². The van der Waals surface area contributed by atoms with E-state index in [4.69, 9.17) is 27.0 Å². The zero-order chi connectivity index (χ0) is 13.8. The predicted molar refractivity (Wildman–Crippen MR) is 70.3 cm³/mol. The molecule has 0 N–H and O–H groups in total. The van der Waals surface area contributed by atoms with Crippen molar-refractivity contribution < 1.29 is 17.5 Å². The summed E-state index contributed by atoms with van der Waals surface area (Å²) in [6.07, 6.45) is 0.602. The fraction of sp³-hybridized carbons (Fsp3) is 0.455. The van der Waals surface area contributed by atoms with E-state index in [2.05, 4.69) is 0 Å². The molecule has 1 rings (SSSR count). The van der Waals surface area contributed by atoms with Crippen LogP contribution in [0.15, 0.2) is 18.2 Å². The van der Waals surface area contributed by atoms with Gasteiger partial charge in [0.15, 0.2) is 0 Å². The second-order valence-corrected chi connectivity index (χ2v) is 7.09. The standard InChI is InChI=1S/C11H13Cl2FO3S/c1-2-8(7-18(13,15)16)6-17-11-4-3-9(14)5-10(11)12/h3-5,8H,2,6-7H2,1H3. The monoisotopic (exact) mass is 314 g/mol. The quantitative estimate of drug-likeness (QED) is 0.755. The summed E-state index contributed by atoms with van der Waals surface area (Å²) < 4.78 is 40.1. The molecule has 0 aliphatic carbocycles. The number of benzene rings is 1. The Morgan fingerprint density at radius 2 is 2.11 bits per heavy atom. The second-order valence-electron chi connectivity index (χ2n) is 3.87. The van der Waals surface area contributed by atoms with Crippen LogP contribution in [0.25, 0.3) is 0 Å². The zero-order valence-corrected chi connectivity index (χ0v) is 12.0. The van der Waals surface area contributed by atoms with Gasteiger partial charge in [-0.05, 0) is 24.6 Å². The lowest BCUT2D eigenvalue weighted by atomic mass is 10.1. The largest absolute Gasteiger partial charge is 0.492 e. The lowest BCUT2D eigenvalue weighted by Gasteiger charge is -2.15. The molecule has 0 amide bonds. The predicted octanol–water partition coefficient (Wildman–Crippen LogP) is 3.45. The van der Waals surface area contributed by atoms with Crippen molar-refractivity contribution >= 4 is 31.3 Å². The summed E-state index contributed by atoms with van der Waals surface area (Å²) >= 11 is 5.78. The maximum atomic E-state index is 12.8. The third-order valence-electron chi connectivity index (χ3n) is 2.38. The van der Waals surface area contributed by atoms with Crippen LogP contribution >= 0.6 is 22.3 Å². The van der Waals surface area contributed by atoms with Gasteiger partial charge in [0, 0.05) is 16.6 Å². The molecule has 1 aromatic carbocycles. The number of hydrogen-bond acceptors (Lipinski definition) is 3. The SMILES string of the molecule is CCC(COc1ccc(F)cc1Cl)CS(=O)(=O)Cl. The van der Waals surface area contributed by atoms with E-state index in [0.717, 1.165) is 6.07 Å². The van der Waals surface area contributed by atoms with Crippen molar-refractivity contribution in [2.75, 3.05) is 12.4 Å². The third kappa shape index (κ3) is 5.42. The zero-order valence-electron chi connectivity index (χ0n) is 9.70. The Kier molecular flexibility index (Phi) is 5.69. The fourth-order valence-electron chi connectivity index (χ4n) is 1.37. The van der Waals surface area contributed by atoms with E-state index in [9.17, 15) is 12.8 Å². The highest BCUT2D eigenvalue weighted by Gasteiger charge is 2.16. The molecule has 0 aromatic heterocycles. The minimum Gasteiger partial charge on any atom is -0.492 e. The molecule has 102 valence electrons. The molecule has 0 saturated heterocycles. The Balaban J connectivity index is 2.62. The molecule has 0 bridgehead atoms. The molecule has 0 spiro atoms. The van der Waals surface area contributed by atoms with Gasteiger partial charge in [0.05, 0.1) is 17.4 Å². The Labute approximate surface area is 115 Å². The molecule has 1 atom stereocenters. The average molecular weight is 315 g/mol. The van der Waals surface area contributed by atoms with Gasteiger partial charge in [-0.25, -0.2) is 12.8 Å². The van der Waals surface area contributed by atoms with Gasteiger partial charge in [-0.15, -0.1) is 0 Å². The van der Waals surface area contributed by atoms with Gasteiger partial charge in [0.2, 0.25) is 9.05 Å². The van der Waals surface area contributed by atoms with Gasteiger partial charge in [0.1, 0.15) is 11.6 Å². The molecule has 3 nitrogen and oxygen atoms in total. The molecule has 0 heterocycles. The van der Waals surface area contributed by atoms with Crippen LogP contribution in [0.3, 0.4) is 0 Å². The maximum Gasteiger partial charge on any atom is 0.232 e. The van der Waals surface area contributed by atoms with Crippen LogP contribution in [0.1, 0.15) is 13.3 Å². The highest BCUT2D eigenvalue weighted by Crippen LogP contribution is 2.25. The highest BCUT2D eigenvalue weighted by molar-refractivity contribution is 8.13. The first-order chi connectivity index (χ1) is 8.31. The molecule has 0 aliphatic rings. The Hall–Kier alpha value is -0.520. The molecule has 1 unspecified atom stereocenters. The van der Waals surface area contributed by atoms with E-state index >= 15 is 0 Å². The van der Waals surface area contributed by atoms with Crippen molar-refractivity contribution in [3.8, 4) is 5.75 Å². The fourth-order valence-corrected chi connectivity index (χ4v) is 3.02. The van der Waals surface area contributed by atoms with E-state index in [1.807, 2.05) is 6.92 Å². The smallest absolute Gasteiger partial charge is 0.232 e. The molecule has 0 radical (unpaired) electrons.